The van der Waals surface area contributed by atoms with Gasteiger partial charge >= 0.3 is 5.97 Å². The van der Waals surface area contributed by atoms with Gasteiger partial charge in [-0.05, 0) is 31.2 Å². The molecular formula is C16H18N2O2. The molecule has 2 aromatic carbocycles. The molecule has 4 heteroatoms. The maximum absolute atomic E-state index is 12.0. The zero-order valence-electron chi connectivity index (χ0n) is 11.4. The second kappa shape index (κ2) is 7.19. The van der Waals surface area contributed by atoms with Gasteiger partial charge in [0.15, 0.2) is 6.17 Å². The van der Waals surface area contributed by atoms with E-state index in [4.69, 9.17) is 4.74 Å². The third-order valence-corrected chi connectivity index (χ3v) is 2.69. The summed E-state index contributed by atoms with van der Waals surface area (Å²) >= 11 is 0. The van der Waals surface area contributed by atoms with E-state index < -0.39 is 6.17 Å². The van der Waals surface area contributed by atoms with E-state index in [1.165, 1.54) is 0 Å². The maximum Gasteiger partial charge on any atom is 0.349 e. The lowest BCUT2D eigenvalue weighted by atomic mass is 10.3. The lowest BCUT2D eigenvalue weighted by molar-refractivity contribution is -0.143. The summed E-state index contributed by atoms with van der Waals surface area (Å²) in [7, 11) is 0. The van der Waals surface area contributed by atoms with Crippen LogP contribution in [-0.2, 0) is 9.53 Å². The molecule has 0 saturated heterocycles. The molecule has 2 N–H and O–H groups in total. The number of ether oxygens (including phenoxy) is 1. The van der Waals surface area contributed by atoms with Crippen LogP contribution in [0.3, 0.4) is 0 Å². The van der Waals surface area contributed by atoms with E-state index in [0.29, 0.717) is 6.61 Å². The Kier molecular flexibility index (Phi) is 5.00. The van der Waals surface area contributed by atoms with Crippen molar-refractivity contribution in [3.8, 4) is 0 Å². The Morgan fingerprint density at radius 1 is 0.950 bits per heavy atom. The number of anilines is 2. The number of rotatable bonds is 6. The van der Waals surface area contributed by atoms with Crippen molar-refractivity contribution >= 4 is 17.3 Å². The van der Waals surface area contributed by atoms with Gasteiger partial charge in [0.05, 0.1) is 6.61 Å². The van der Waals surface area contributed by atoms with Gasteiger partial charge in [-0.1, -0.05) is 36.4 Å². The second-order valence-electron chi connectivity index (χ2n) is 4.21. The minimum Gasteiger partial charge on any atom is -0.463 e. The molecular weight excluding hydrogens is 252 g/mol. The molecule has 0 spiro atoms. The van der Waals surface area contributed by atoms with E-state index in [0.717, 1.165) is 11.4 Å². The number of para-hydroxylation sites is 2. The first-order valence-corrected chi connectivity index (χ1v) is 6.59. The Balaban J connectivity index is 2.10. The van der Waals surface area contributed by atoms with E-state index in [-0.39, 0.29) is 5.97 Å². The fraction of sp³-hybridized carbons (Fsp3) is 0.188. The van der Waals surface area contributed by atoms with Crippen LogP contribution in [0.25, 0.3) is 0 Å². The van der Waals surface area contributed by atoms with Crippen LogP contribution in [0.4, 0.5) is 11.4 Å². The van der Waals surface area contributed by atoms with Gasteiger partial charge in [-0.25, -0.2) is 4.79 Å². The van der Waals surface area contributed by atoms with Crippen LogP contribution in [0.2, 0.25) is 0 Å². The first kappa shape index (κ1) is 13.9. The molecule has 0 aliphatic heterocycles. The Labute approximate surface area is 118 Å². The number of hydrogen-bond acceptors (Lipinski definition) is 4. The molecule has 0 bridgehead atoms. The molecule has 2 aromatic rings. The van der Waals surface area contributed by atoms with Crippen LogP contribution in [0, 0.1) is 0 Å². The minimum atomic E-state index is -0.625. The zero-order valence-corrected chi connectivity index (χ0v) is 11.4. The van der Waals surface area contributed by atoms with Crippen LogP contribution < -0.4 is 10.6 Å². The average Bonchev–Trinajstić information content (AvgIpc) is 2.49. The van der Waals surface area contributed by atoms with Gasteiger partial charge in [0.25, 0.3) is 0 Å². The summed E-state index contributed by atoms with van der Waals surface area (Å²) in [6.07, 6.45) is -0.625. The van der Waals surface area contributed by atoms with Crippen molar-refractivity contribution in [2.75, 3.05) is 17.2 Å². The molecule has 0 amide bonds. The van der Waals surface area contributed by atoms with Crippen molar-refractivity contribution in [3.05, 3.63) is 60.7 Å². The Bertz CT molecular complexity index is 487. The predicted octanol–water partition coefficient (Wildman–Crippen LogP) is 3.10. The van der Waals surface area contributed by atoms with Gasteiger partial charge in [-0.3, -0.25) is 0 Å². The molecule has 0 unspecified atom stereocenters. The quantitative estimate of drug-likeness (QED) is 0.625. The number of hydrogen-bond donors (Lipinski definition) is 2. The lowest BCUT2D eigenvalue weighted by Crippen LogP contribution is -2.38. The molecule has 0 atom stereocenters. The number of nitrogens with one attached hydrogen (secondary N) is 2. The first-order chi connectivity index (χ1) is 9.79. The lowest BCUT2D eigenvalue weighted by Gasteiger charge is -2.20. The fourth-order valence-corrected chi connectivity index (χ4v) is 1.78. The molecule has 0 aliphatic carbocycles. The summed E-state index contributed by atoms with van der Waals surface area (Å²) in [5, 5.41) is 6.25. The van der Waals surface area contributed by atoms with Crippen molar-refractivity contribution in [2.45, 2.75) is 13.1 Å². The van der Waals surface area contributed by atoms with Gasteiger partial charge in [-0.15, -0.1) is 0 Å². The fourth-order valence-electron chi connectivity index (χ4n) is 1.78. The van der Waals surface area contributed by atoms with Crippen LogP contribution in [-0.4, -0.2) is 18.7 Å². The van der Waals surface area contributed by atoms with Gasteiger partial charge in [-0.2, -0.15) is 0 Å². The summed E-state index contributed by atoms with van der Waals surface area (Å²) in [4.78, 5) is 12.0. The van der Waals surface area contributed by atoms with Crippen LogP contribution in [0.5, 0.6) is 0 Å². The van der Waals surface area contributed by atoms with E-state index in [9.17, 15) is 4.79 Å². The Morgan fingerprint density at radius 2 is 1.40 bits per heavy atom. The number of carbonyl (C=O) groups excluding carboxylic acids is 1. The van der Waals surface area contributed by atoms with Crippen molar-refractivity contribution in [1.82, 2.24) is 0 Å². The maximum atomic E-state index is 12.0. The van der Waals surface area contributed by atoms with E-state index in [2.05, 4.69) is 10.6 Å². The summed E-state index contributed by atoms with van der Waals surface area (Å²) in [5.74, 6) is -0.333. The third kappa shape index (κ3) is 4.02. The molecule has 0 aromatic heterocycles. The van der Waals surface area contributed by atoms with Gasteiger partial charge in [0.1, 0.15) is 0 Å². The highest BCUT2D eigenvalue weighted by molar-refractivity contribution is 5.82. The summed E-state index contributed by atoms with van der Waals surface area (Å²) < 4.78 is 5.08. The van der Waals surface area contributed by atoms with Crippen LogP contribution >= 0.6 is 0 Å². The third-order valence-electron chi connectivity index (χ3n) is 2.69. The normalized spacial score (nSPS) is 10.1. The van der Waals surface area contributed by atoms with Crippen molar-refractivity contribution in [2.24, 2.45) is 0 Å². The minimum absolute atomic E-state index is 0.333. The van der Waals surface area contributed by atoms with E-state index >= 15 is 0 Å². The molecule has 2 rings (SSSR count). The average molecular weight is 270 g/mol. The monoisotopic (exact) mass is 270 g/mol. The SMILES string of the molecule is CCOC(=O)C(Nc1ccccc1)Nc1ccccc1. The zero-order chi connectivity index (χ0) is 14.2. The topological polar surface area (TPSA) is 50.4 Å². The molecule has 0 fully saturated rings. The molecule has 20 heavy (non-hydrogen) atoms. The molecule has 0 saturated carbocycles. The van der Waals surface area contributed by atoms with Crippen LogP contribution in [0.1, 0.15) is 6.92 Å². The van der Waals surface area contributed by atoms with Crippen molar-refractivity contribution in [3.63, 3.8) is 0 Å². The number of esters is 1. The highest BCUT2D eigenvalue weighted by atomic mass is 16.5. The molecule has 4 nitrogen and oxygen atoms in total. The molecule has 104 valence electrons. The van der Waals surface area contributed by atoms with Crippen molar-refractivity contribution in [1.29, 1.82) is 0 Å². The Morgan fingerprint density at radius 3 is 1.80 bits per heavy atom. The summed E-state index contributed by atoms with van der Waals surface area (Å²) in [6.45, 7) is 2.14. The largest absolute Gasteiger partial charge is 0.463 e. The van der Waals surface area contributed by atoms with E-state index in [1.54, 1.807) is 6.92 Å². The standard InChI is InChI=1S/C16H18N2O2/c1-2-20-16(19)15(17-13-9-5-3-6-10-13)18-14-11-7-4-8-12-14/h3-12,15,17-18H,2H2,1H3. The van der Waals surface area contributed by atoms with Crippen LogP contribution in [0.15, 0.2) is 60.7 Å². The molecule has 0 aliphatic rings. The molecule has 0 radical (unpaired) electrons. The molecule has 0 heterocycles. The number of carbonyl (C=O) groups is 1. The summed E-state index contributed by atoms with van der Waals surface area (Å²) in [5.41, 5.74) is 1.71. The highest BCUT2D eigenvalue weighted by Gasteiger charge is 2.19. The van der Waals surface area contributed by atoms with E-state index in [1.807, 2.05) is 60.7 Å². The first-order valence-electron chi connectivity index (χ1n) is 6.59. The van der Waals surface area contributed by atoms with Gasteiger partial charge < -0.3 is 15.4 Å². The smallest absolute Gasteiger partial charge is 0.349 e. The van der Waals surface area contributed by atoms with Crippen molar-refractivity contribution < 1.29 is 9.53 Å². The highest BCUT2D eigenvalue weighted by Crippen LogP contribution is 2.12. The second-order valence-corrected chi connectivity index (χ2v) is 4.21. The number of benzene rings is 2. The predicted molar refractivity (Wildman–Crippen MR) is 80.6 cm³/mol. The van der Waals surface area contributed by atoms with Gasteiger partial charge in [0.2, 0.25) is 0 Å². The Hall–Kier alpha value is -2.49. The van der Waals surface area contributed by atoms with Gasteiger partial charge in [0, 0.05) is 11.4 Å². The summed E-state index contributed by atoms with van der Waals surface area (Å²) in [6, 6.07) is 19.1.